The molecule has 13 heavy (non-hydrogen) atoms. The molecule has 3 heteroatoms. The number of nitrogens with zero attached hydrogens (tertiary/aromatic N) is 2. The first-order chi connectivity index (χ1) is 6.31. The Kier molecular flexibility index (Phi) is 1.97. The van der Waals surface area contributed by atoms with E-state index in [-0.39, 0.29) is 0 Å². The molecule has 2 N–H and O–H groups in total. The van der Waals surface area contributed by atoms with Crippen molar-refractivity contribution < 1.29 is 0 Å². The van der Waals surface area contributed by atoms with Crippen LogP contribution in [-0.4, -0.2) is 4.57 Å². The minimum absolute atomic E-state index is 0.530. The summed E-state index contributed by atoms with van der Waals surface area (Å²) in [5.74, 6) is 0.725. The van der Waals surface area contributed by atoms with Crippen LogP contribution in [0.2, 0.25) is 0 Å². The van der Waals surface area contributed by atoms with Crippen molar-refractivity contribution in [1.82, 2.24) is 4.57 Å². The molecule has 0 saturated heterocycles. The molecule has 1 fully saturated rings. The van der Waals surface area contributed by atoms with Crippen molar-refractivity contribution in [1.29, 1.82) is 5.26 Å². The summed E-state index contributed by atoms with van der Waals surface area (Å²) in [7, 11) is 0. The topological polar surface area (TPSA) is 54.7 Å². The van der Waals surface area contributed by atoms with Crippen molar-refractivity contribution in [2.24, 2.45) is 0 Å². The third-order valence-corrected chi connectivity index (χ3v) is 2.73. The summed E-state index contributed by atoms with van der Waals surface area (Å²) in [5.41, 5.74) is 6.48. The Morgan fingerprint density at radius 2 is 2.15 bits per heavy atom. The number of nitriles is 1. The van der Waals surface area contributed by atoms with E-state index >= 15 is 0 Å². The van der Waals surface area contributed by atoms with Gasteiger partial charge in [-0.1, -0.05) is 12.8 Å². The standard InChI is InChI=1S/C10H13N3/c11-6-8-5-10(12)13(7-8)9-3-1-2-4-9/h5,7,9H,1-4,12H2. The van der Waals surface area contributed by atoms with E-state index in [2.05, 4.69) is 6.07 Å². The zero-order valence-corrected chi connectivity index (χ0v) is 7.53. The van der Waals surface area contributed by atoms with Gasteiger partial charge in [0, 0.05) is 12.2 Å². The molecule has 1 aromatic heterocycles. The van der Waals surface area contributed by atoms with Crippen LogP contribution in [-0.2, 0) is 0 Å². The second kappa shape index (κ2) is 3.14. The van der Waals surface area contributed by atoms with E-state index in [0.717, 1.165) is 5.82 Å². The van der Waals surface area contributed by atoms with Crippen LogP contribution >= 0.6 is 0 Å². The maximum atomic E-state index is 8.70. The molecule has 1 aromatic rings. The highest BCUT2D eigenvalue weighted by molar-refractivity contribution is 5.42. The van der Waals surface area contributed by atoms with Gasteiger partial charge in [-0.2, -0.15) is 5.26 Å². The fraction of sp³-hybridized carbons (Fsp3) is 0.500. The highest BCUT2D eigenvalue weighted by atomic mass is 15.1. The molecule has 68 valence electrons. The first kappa shape index (κ1) is 8.18. The van der Waals surface area contributed by atoms with Gasteiger partial charge in [-0.3, -0.25) is 0 Å². The summed E-state index contributed by atoms with van der Waals surface area (Å²) in [6.45, 7) is 0. The van der Waals surface area contributed by atoms with Gasteiger partial charge in [0.05, 0.1) is 5.56 Å². The van der Waals surface area contributed by atoms with Crippen molar-refractivity contribution in [3.63, 3.8) is 0 Å². The molecule has 1 aliphatic rings. The number of aromatic nitrogens is 1. The fourth-order valence-electron chi connectivity index (χ4n) is 2.06. The minimum Gasteiger partial charge on any atom is -0.385 e. The third-order valence-electron chi connectivity index (χ3n) is 2.73. The van der Waals surface area contributed by atoms with Crippen molar-refractivity contribution in [3.8, 4) is 6.07 Å². The zero-order valence-electron chi connectivity index (χ0n) is 7.53. The normalized spacial score (nSPS) is 17.5. The fourth-order valence-corrected chi connectivity index (χ4v) is 2.06. The summed E-state index contributed by atoms with van der Waals surface area (Å²) in [4.78, 5) is 0. The quantitative estimate of drug-likeness (QED) is 0.710. The molecule has 0 aliphatic heterocycles. The number of rotatable bonds is 1. The molecular weight excluding hydrogens is 162 g/mol. The molecule has 0 unspecified atom stereocenters. The van der Waals surface area contributed by atoms with Crippen molar-refractivity contribution in [2.45, 2.75) is 31.7 Å². The number of hydrogen-bond donors (Lipinski definition) is 1. The van der Waals surface area contributed by atoms with Crippen LogP contribution < -0.4 is 5.73 Å². The van der Waals surface area contributed by atoms with Gasteiger partial charge in [-0.05, 0) is 18.9 Å². The lowest BCUT2D eigenvalue weighted by molar-refractivity contribution is 0.527. The Balaban J connectivity index is 2.29. The summed E-state index contributed by atoms with van der Waals surface area (Å²) in [6, 6.07) is 4.39. The summed E-state index contributed by atoms with van der Waals surface area (Å²) in [6.07, 6.45) is 6.83. The van der Waals surface area contributed by atoms with Crippen LogP contribution in [0.4, 0.5) is 5.82 Å². The molecule has 1 heterocycles. The molecule has 0 spiro atoms. The van der Waals surface area contributed by atoms with E-state index in [9.17, 15) is 0 Å². The number of nitrogen functional groups attached to an aromatic ring is 1. The number of hydrogen-bond acceptors (Lipinski definition) is 2. The smallest absolute Gasteiger partial charge is 0.104 e. The van der Waals surface area contributed by atoms with Crippen LogP contribution in [0.1, 0.15) is 37.3 Å². The third kappa shape index (κ3) is 1.40. The zero-order chi connectivity index (χ0) is 9.26. The molecular formula is C10H13N3. The van der Waals surface area contributed by atoms with E-state index < -0.39 is 0 Å². The number of nitrogens with two attached hydrogens (primary N) is 1. The predicted octanol–water partition coefficient (Wildman–Crippen LogP) is 2.06. The van der Waals surface area contributed by atoms with Crippen LogP contribution in [0.25, 0.3) is 0 Å². The largest absolute Gasteiger partial charge is 0.385 e. The van der Waals surface area contributed by atoms with E-state index in [4.69, 9.17) is 11.0 Å². The van der Waals surface area contributed by atoms with E-state index in [0.29, 0.717) is 11.6 Å². The summed E-state index contributed by atoms with van der Waals surface area (Å²) >= 11 is 0. The van der Waals surface area contributed by atoms with Crippen LogP contribution in [0, 0.1) is 11.3 Å². The molecule has 1 aliphatic carbocycles. The van der Waals surface area contributed by atoms with E-state index in [1.807, 2.05) is 10.8 Å². The highest BCUT2D eigenvalue weighted by Gasteiger charge is 2.18. The van der Waals surface area contributed by atoms with Crippen molar-refractivity contribution >= 4 is 5.82 Å². The van der Waals surface area contributed by atoms with Gasteiger partial charge in [0.25, 0.3) is 0 Å². The number of anilines is 1. The monoisotopic (exact) mass is 175 g/mol. The Hall–Kier alpha value is -1.43. The van der Waals surface area contributed by atoms with Gasteiger partial charge in [0.15, 0.2) is 0 Å². The second-order valence-electron chi connectivity index (χ2n) is 3.61. The van der Waals surface area contributed by atoms with Crippen LogP contribution in [0.15, 0.2) is 12.3 Å². The van der Waals surface area contributed by atoms with E-state index in [1.54, 1.807) is 6.07 Å². The highest BCUT2D eigenvalue weighted by Crippen LogP contribution is 2.32. The lowest BCUT2D eigenvalue weighted by atomic mass is 10.2. The molecule has 3 nitrogen and oxygen atoms in total. The summed E-state index contributed by atoms with van der Waals surface area (Å²) in [5, 5.41) is 8.70. The average molecular weight is 175 g/mol. The first-order valence-corrected chi connectivity index (χ1v) is 4.68. The van der Waals surface area contributed by atoms with Crippen molar-refractivity contribution in [2.75, 3.05) is 5.73 Å². The minimum atomic E-state index is 0.530. The Labute approximate surface area is 77.8 Å². The van der Waals surface area contributed by atoms with Gasteiger partial charge in [0.2, 0.25) is 0 Å². The Morgan fingerprint density at radius 1 is 1.46 bits per heavy atom. The second-order valence-corrected chi connectivity index (χ2v) is 3.61. The predicted molar refractivity (Wildman–Crippen MR) is 51.1 cm³/mol. The SMILES string of the molecule is N#Cc1cc(N)n(C2CCCC2)c1. The van der Waals surface area contributed by atoms with E-state index in [1.165, 1.54) is 25.7 Å². The van der Waals surface area contributed by atoms with Gasteiger partial charge >= 0.3 is 0 Å². The average Bonchev–Trinajstić information content (AvgIpc) is 2.72. The Morgan fingerprint density at radius 3 is 2.69 bits per heavy atom. The van der Waals surface area contributed by atoms with Crippen molar-refractivity contribution in [3.05, 3.63) is 17.8 Å². The maximum Gasteiger partial charge on any atom is 0.104 e. The van der Waals surface area contributed by atoms with Gasteiger partial charge in [-0.15, -0.1) is 0 Å². The first-order valence-electron chi connectivity index (χ1n) is 4.68. The van der Waals surface area contributed by atoms with Gasteiger partial charge in [-0.25, -0.2) is 0 Å². The molecule has 0 amide bonds. The lowest BCUT2D eigenvalue weighted by Gasteiger charge is -2.12. The van der Waals surface area contributed by atoms with Crippen LogP contribution in [0.5, 0.6) is 0 Å². The van der Waals surface area contributed by atoms with Gasteiger partial charge in [0.1, 0.15) is 11.9 Å². The molecule has 0 bridgehead atoms. The molecule has 2 rings (SSSR count). The molecule has 0 aromatic carbocycles. The summed E-state index contributed by atoms with van der Waals surface area (Å²) < 4.78 is 2.05. The molecule has 1 saturated carbocycles. The lowest BCUT2D eigenvalue weighted by Crippen LogP contribution is -2.06. The molecule has 0 radical (unpaired) electrons. The Bertz CT molecular complexity index is 340. The maximum absolute atomic E-state index is 8.70. The molecule has 0 atom stereocenters. The van der Waals surface area contributed by atoms with Crippen LogP contribution in [0.3, 0.4) is 0 Å². The van der Waals surface area contributed by atoms with Gasteiger partial charge < -0.3 is 10.3 Å².